The summed E-state index contributed by atoms with van der Waals surface area (Å²) < 4.78 is 40.2. The summed E-state index contributed by atoms with van der Waals surface area (Å²) in [7, 11) is 0. The van der Waals surface area contributed by atoms with E-state index in [-0.39, 0.29) is 11.8 Å². The van der Waals surface area contributed by atoms with Crippen molar-refractivity contribution in [2.75, 3.05) is 44.2 Å². The van der Waals surface area contributed by atoms with Gasteiger partial charge in [0.15, 0.2) is 11.5 Å². The van der Waals surface area contributed by atoms with E-state index >= 15 is 0 Å². The Labute approximate surface area is 202 Å². The highest BCUT2D eigenvalue weighted by Crippen LogP contribution is 2.31. The molecule has 0 aliphatic carbocycles. The number of benzene rings is 1. The van der Waals surface area contributed by atoms with Crippen LogP contribution >= 0.6 is 0 Å². The number of amides is 1. The van der Waals surface area contributed by atoms with Crippen molar-refractivity contribution in [1.82, 2.24) is 30.0 Å². The second-order valence-corrected chi connectivity index (χ2v) is 8.64. The van der Waals surface area contributed by atoms with Crippen LogP contribution in [0.5, 0.6) is 0 Å². The number of aromatic nitrogens is 4. The van der Waals surface area contributed by atoms with Gasteiger partial charge in [0.25, 0.3) is 0 Å². The average molecular weight is 490 g/mol. The summed E-state index contributed by atoms with van der Waals surface area (Å²) in [5.74, 6) is 1.16. The number of carbonyl (C=O) groups is 1. The van der Waals surface area contributed by atoms with Crippen LogP contribution in [0.4, 0.5) is 19.0 Å². The SMILES string of the molecule is CCN(CC)CCNC(=O)C1CCN(c2ccc3nnc(-c4ccc(C(F)(F)F)cc4)n3n2)CC1. The number of nitrogens with zero attached hydrogens (tertiary/aromatic N) is 6. The minimum atomic E-state index is -4.40. The Morgan fingerprint density at radius 1 is 1.06 bits per heavy atom. The smallest absolute Gasteiger partial charge is 0.355 e. The van der Waals surface area contributed by atoms with Crippen molar-refractivity contribution >= 4 is 17.4 Å². The summed E-state index contributed by atoms with van der Waals surface area (Å²) in [5.41, 5.74) is 0.282. The van der Waals surface area contributed by atoms with Gasteiger partial charge in [-0.15, -0.1) is 15.3 Å². The normalized spacial score (nSPS) is 15.2. The van der Waals surface area contributed by atoms with Crippen LogP contribution in [0.1, 0.15) is 32.3 Å². The first-order chi connectivity index (χ1) is 16.8. The second kappa shape index (κ2) is 10.6. The molecule has 3 aromatic rings. The first-order valence-electron chi connectivity index (χ1n) is 11.9. The number of rotatable bonds is 8. The number of alkyl halides is 3. The molecule has 8 nitrogen and oxygen atoms in total. The summed E-state index contributed by atoms with van der Waals surface area (Å²) >= 11 is 0. The van der Waals surface area contributed by atoms with Crippen LogP contribution in [0.2, 0.25) is 0 Å². The lowest BCUT2D eigenvalue weighted by Crippen LogP contribution is -2.43. The highest BCUT2D eigenvalue weighted by Gasteiger charge is 2.30. The van der Waals surface area contributed by atoms with Crippen molar-refractivity contribution in [3.8, 4) is 11.4 Å². The standard InChI is InChI=1S/C24H30F3N7O/c1-3-32(4-2)16-13-28-23(35)18-11-14-33(15-12-18)21-10-9-20-29-30-22(34(20)31-21)17-5-7-19(8-6-17)24(25,26)27/h5-10,18H,3-4,11-16H2,1-2H3,(H,28,35). The number of anilines is 1. The minimum Gasteiger partial charge on any atom is -0.355 e. The molecule has 0 atom stereocenters. The predicted octanol–water partition coefficient (Wildman–Crippen LogP) is 3.48. The quantitative estimate of drug-likeness (QED) is 0.522. The second-order valence-electron chi connectivity index (χ2n) is 8.64. The molecule has 4 rings (SSSR count). The van der Waals surface area contributed by atoms with Crippen LogP contribution in [-0.2, 0) is 11.0 Å². The van der Waals surface area contributed by atoms with E-state index in [4.69, 9.17) is 0 Å². The van der Waals surface area contributed by atoms with Crippen molar-refractivity contribution < 1.29 is 18.0 Å². The zero-order valence-electron chi connectivity index (χ0n) is 19.9. The van der Waals surface area contributed by atoms with Crippen LogP contribution in [0.25, 0.3) is 17.0 Å². The molecule has 2 aromatic heterocycles. The molecule has 0 saturated carbocycles. The van der Waals surface area contributed by atoms with Gasteiger partial charge in [-0.05, 0) is 50.2 Å². The molecule has 188 valence electrons. The number of nitrogens with one attached hydrogen (secondary N) is 1. The maximum Gasteiger partial charge on any atom is 0.416 e. The van der Waals surface area contributed by atoms with Crippen molar-refractivity contribution in [1.29, 1.82) is 0 Å². The Kier molecular flexibility index (Phi) is 7.54. The van der Waals surface area contributed by atoms with Gasteiger partial charge in [0.2, 0.25) is 5.91 Å². The maximum atomic E-state index is 12.9. The molecule has 11 heteroatoms. The molecule has 1 saturated heterocycles. The molecule has 1 amide bonds. The molecule has 0 bridgehead atoms. The molecular weight excluding hydrogens is 459 g/mol. The molecule has 0 unspecified atom stereocenters. The van der Waals surface area contributed by atoms with Gasteiger partial charge in [0.05, 0.1) is 5.56 Å². The highest BCUT2D eigenvalue weighted by atomic mass is 19.4. The predicted molar refractivity (Wildman–Crippen MR) is 127 cm³/mol. The van der Waals surface area contributed by atoms with Crippen LogP contribution in [0.3, 0.4) is 0 Å². The first-order valence-corrected chi connectivity index (χ1v) is 11.9. The molecule has 1 aliphatic rings. The molecule has 0 radical (unpaired) electrons. The molecule has 0 spiro atoms. The zero-order chi connectivity index (χ0) is 25.0. The third-order valence-corrected chi connectivity index (χ3v) is 6.53. The average Bonchev–Trinajstić information content (AvgIpc) is 3.29. The number of hydrogen-bond acceptors (Lipinski definition) is 6. The van der Waals surface area contributed by atoms with Gasteiger partial charge in [-0.3, -0.25) is 4.79 Å². The van der Waals surface area contributed by atoms with Crippen molar-refractivity contribution in [3.63, 3.8) is 0 Å². The number of carbonyl (C=O) groups excluding carboxylic acids is 1. The molecule has 3 heterocycles. The van der Waals surface area contributed by atoms with Crippen LogP contribution in [-0.4, -0.2) is 69.9 Å². The minimum absolute atomic E-state index is 0.0238. The van der Waals surface area contributed by atoms with E-state index in [0.29, 0.717) is 42.5 Å². The van der Waals surface area contributed by atoms with Crippen LogP contribution < -0.4 is 10.2 Å². The van der Waals surface area contributed by atoms with Gasteiger partial charge in [-0.1, -0.05) is 26.0 Å². The molecular formula is C24H30F3N7O. The van der Waals surface area contributed by atoms with Gasteiger partial charge in [0, 0.05) is 37.7 Å². The first kappa shape index (κ1) is 24.9. The van der Waals surface area contributed by atoms with Crippen molar-refractivity contribution in [2.45, 2.75) is 32.9 Å². The Balaban J connectivity index is 1.40. The summed E-state index contributed by atoms with van der Waals surface area (Å²) in [6.07, 6.45) is -2.94. The van der Waals surface area contributed by atoms with Crippen molar-refractivity contribution in [3.05, 3.63) is 42.0 Å². The van der Waals surface area contributed by atoms with E-state index in [1.807, 2.05) is 6.07 Å². The van der Waals surface area contributed by atoms with Crippen LogP contribution in [0.15, 0.2) is 36.4 Å². The maximum absolute atomic E-state index is 12.9. The van der Waals surface area contributed by atoms with Gasteiger partial charge >= 0.3 is 6.18 Å². The van der Waals surface area contributed by atoms with E-state index in [1.165, 1.54) is 12.1 Å². The number of likely N-dealkylation sites (N-methyl/N-ethyl adjacent to an activating group) is 1. The summed E-state index contributed by atoms with van der Waals surface area (Å²) in [5, 5.41) is 15.9. The highest BCUT2D eigenvalue weighted by molar-refractivity contribution is 5.79. The van der Waals surface area contributed by atoms with Gasteiger partial charge in [-0.25, -0.2) is 0 Å². The fraction of sp³-hybridized carbons (Fsp3) is 0.500. The molecule has 35 heavy (non-hydrogen) atoms. The monoisotopic (exact) mass is 489 g/mol. The largest absolute Gasteiger partial charge is 0.416 e. The number of hydrogen-bond donors (Lipinski definition) is 1. The van der Waals surface area contributed by atoms with Gasteiger partial charge in [-0.2, -0.15) is 17.7 Å². The lowest BCUT2D eigenvalue weighted by Gasteiger charge is -2.32. The third-order valence-electron chi connectivity index (χ3n) is 6.53. The van der Waals surface area contributed by atoms with E-state index < -0.39 is 11.7 Å². The molecule has 1 aromatic carbocycles. The van der Waals surface area contributed by atoms with E-state index in [1.54, 1.807) is 10.6 Å². The third kappa shape index (κ3) is 5.72. The summed E-state index contributed by atoms with van der Waals surface area (Å²) in [6.45, 7) is 9.03. The van der Waals surface area contributed by atoms with Gasteiger partial charge in [0.1, 0.15) is 5.82 Å². The molecule has 1 fully saturated rings. The van der Waals surface area contributed by atoms with Gasteiger partial charge < -0.3 is 15.1 Å². The zero-order valence-corrected chi connectivity index (χ0v) is 19.9. The van der Waals surface area contributed by atoms with E-state index in [0.717, 1.165) is 44.6 Å². The Bertz CT molecular complexity index is 1130. The molecule has 1 aliphatic heterocycles. The fourth-order valence-electron chi connectivity index (χ4n) is 4.33. The number of halogens is 3. The lowest BCUT2D eigenvalue weighted by molar-refractivity contribution is -0.137. The van der Waals surface area contributed by atoms with E-state index in [2.05, 4.69) is 44.3 Å². The lowest BCUT2D eigenvalue weighted by atomic mass is 9.96. The summed E-state index contributed by atoms with van der Waals surface area (Å²) in [6, 6.07) is 8.44. The molecule has 1 N–H and O–H groups in total. The van der Waals surface area contributed by atoms with E-state index in [9.17, 15) is 18.0 Å². The Morgan fingerprint density at radius 3 is 2.37 bits per heavy atom. The number of piperidine rings is 1. The Morgan fingerprint density at radius 2 is 1.74 bits per heavy atom. The summed E-state index contributed by atoms with van der Waals surface area (Å²) in [4.78, 5) is 17.0. The number of fused-ring (bicyclic) bond motifs is 1. The van der Waals surface area contributed by atoms with Crippen LogP contribution in [0, 0.1) is 5.92 Å². The topological polar surface area (TPSA) is 78.7 Å². The van der Waals surface area contributed by atoms with Crippen molar-refractivity contribution in [2.24, 2.45) is 5.92 Å². The fourth-order valence-corrected chi connectivity index (χ4v) is 4.33. The Hall–Kier alpha value is -3.21.